The maximum absolute atomic E-state index is 10.4. The highest BCUT2D eigenvalue weighted by Gasteiger charge is 2.00. The molecule has 0 aliphatic heterocycles. The Labute approximate surface area is 62.6 Å². The van der Waals surface area contributed by atoms with E-state index in [1.807, 2.05) is 5.43 Å². The van der Waals surface area contributed by atoms with Crippen molar-refractivity contribution in [2.45, 2.75) is 6.92 Å². The van der Waals surface area contributed by atoms with Crippen molar-refractivity contribution in [3.05, 3.63) is 0 Å². The van der Waals surface area contributed by atoms with E-state index in [1.165, 1.54) is 0 Å². The van der Waals surface area contributed by atoms with E-state index < -0.39 is 12.1 Å². The predicted octanol–water partition coefficient (Wildman–Crippen LogP) is 0.388. The summed E-state index contributed by atoms with van der Waals surface area (Å²) in [7, 11) is 0. The Morgan fingerprint density at radius 3 is 2.64 bits per heavy atom. The van der Waals surface area contributed by atoms with Crippen LogP contribution in [0.3, 0.4) is 0 Å². The second-order valence-corrected chi connectivity index (χ2v) is 1.39. The molecule has 62 valence electrons. The van der Waals surface area contributed by atoms with Gasteiger partial charge in [-0.25, -0.2) is 20.4 Å². The molecule has 0 aliphatic carbocycles. The molecule has 0 unspecified atom stereocenters. The van der Waals surface area contributed by atoms with E-state index in [2.05, 4.69) is 9.85 Å². The number of rotatable bonds is 1. The molecule has 0 atom stereocenters. The van der Waals surface area contributed by atoms with E-state index in [9.17, 15) is 9.59 Å². The smallest absolute Gasteiger partial charge is 0.426 e. The van der Waals surface area contributed by atoms with E-state index in [0.717, 1.165) is 0 Å². The maximum Gasteiger partial charge on any atom is 0.426 e. The van der Waals surface area contributed by atoms with Crippen LogP contribution in [0, 0.1) is 5.53 Å². The van der Waals surface area contributed by atoms with Crippen molar-refractivity contribution in [2.24, 2.45) is 5.11 Å². The van der Waals surface area contributed by atoms with Gasteiger partial charge in [0, 0.05) is 0 Å². The number of nitrogens with one attached hydrogen (secondary N) is 3. The Hall–Kier alpha value is -1.66. The summed E-state index contributed by atoms with van der Waals surface area (Å²) in [5.41, 5.74) is 9.83. The third-order valence-electron chi connectivity index (χ3n) is 0.648. The van der Waals surface area contributed by atoms with Crippen LogP contribution in [0.15, 0.2) is 5.11 Å². The second-order valence-electron chi connectivity index (χ2n) is 1.39. The third-order valence-corrected chi connectivity index (χ3v) is 0.648. The lowest BCUT2D eigenvalue weighted by atomic mass is 10.9. The van der Waals surface area contributed by atoms with Crippen LogP contribution in [0.25, 0.3) is 0 Å². The summed E-state index contributed by atoms with van der Waals surface area (Å²) >= 11 is 0. The van der Waals surface area contributed by atoms with Crippen LogP contribution < -0.4 is 10.9 Å². The molecule has 3 amide bonds. The molecule has 11 heavy (non-hydrogen) atoms. The number of amides is 3. The molecule has 0 radical (unpaired) electrons. The SMILES string of the molecule is CCOC(=O)NNC(=O)N=N. The van der Waals surface area contributed by atoms with Gasteiger partial charge in [-0.2, -0.15) is 5.53 Å². The number of carbonyl (C=O) groups is 2. The average molecular weight is 160 g/mol. The molecule has 0 spiro atoms. The summed E-state index contributed by atoms with van der Waals surface area (Å²) in [6, 6.07) is -0.960. The summed E-state index contributed by atoms with van der Waals surface area (Å²) < 4.78 is 4.37. The zero-order chi connectivity index (χ0) is 8.69. The minimum atomic E-state index is -0.960. The monoisotopic (exact) mass is 160 g/mol. The van der Waals surface area contributed by atoms with Crippen LogP contribution in [0.1, 0.15) is 6.92 Å². The molecule has 0 aromatic heterocycles. The molecule has 0 fully saturated rings. The summed E-state index contributed by atoms with van der Waals surface area (Å²) in [5, 5.41) is 2.45. The molecular weight excluding hydrogens is 152 g/mol. The number of ether oxygens (including phenoxy) is 1. The van der Waals surface area contributed by atoms with Gasteiger partial charge in [-0.1, -0.05) is 5.11 Å². The summed E-state index contributed by atoms with van der Waals surface area (Å²) in [6.07, 6.45) is -0.787. The highest BCUT2D eigenvalue weighted by molar-refractivity contribution is 5.77. The van der Waals surface area contributed by atoms with E-state index in [1.54, 1.807) is 12.3 Å². The fraction of sp³-hybridized carbons (Fsp3) is 0.500. The number of hydrogen-bond acceptors (Lipinski definition) is 4. The summed E-state index contributed by atoms with van der Waals surface area (Å²) in [5.74, 6) is 0. The predicted molar refractivity (Wildman–Crippen MR) is 33.8 cm³/mol. The van der Waals surface area contributed by atoms with Crippen LogP contribution in [0.5, 0.6) is 0 Å². The van der Waals surface area contributed by atoms with Gasteiger partial charge >= 0.3 is 12.1 Å². The first-order chi connectivity index (χ1) is 5.20. The highest BCUT2D eigenvalue weighted by Crippen LogP contribution is 1.73. The van der Waals surface area contributed by atoms with Crippen molar-refractivity contribution in [3.63, 3.8) is 0 Å². The molecule has 0 aliphatic rings. The first-order valence-electron chi connectivity index (χ1n) is 2.81. The largest absolute Gasteiger partial charge is 0.449 e. The van der Waals surface area contributed by atoms with Gasteiger partial charge in [0.2, 0.25) is 0 Å². The molecule has 3 N–H and O–H groups in total. The maximum atomic E-state index is 10.4. The Kier molecular flexibility index (Phi) is 4.37. The standard InChI is InChI=1S/C4H8N4O3/c1-2-11-4(10)8-7-3(9)6-5/h5H,2H2,1H3,(H,7,9)(H,8,10). The first-order valence-corrected chi connectivity index (χ1v) is 2.81. The molecule has 0 aromatic carbocycles. The molecule has 7 nitrogen and oxygen atoms in total. The molecular formula is C4H8N4O3. The molecule has 0 rings (SSSR count). The molecule has 0 aromatic rings. The first kappa shape index (κ1) is 9.34. The van der Waals surface area contributed by atoms with Crippen LogP contribution in [-0.4, -0.2) is 18.7 Å². The van der Waals surface area contributed by atoms with E-state index >= 15 is 0 Å². The molecule has 0 heterocycles. The fourth-order valence-corrected chi connectivity index (χ4v) is 0.300. The van der Waals surface area contributed by atoms with Crippen LogP contribution in [0.4, 0.5) is 9.59 Å². The number of urea groups is 1. The zero-order valence-electron chi connectivity index (χ0n) is 5.88. The third kappa shape index (κ3) is 4.82. The second kappa shape index (κ2) is 5.15. The van der Waals surface area contributed by atoms with Crippen LogP contribution in [0.2, 0.25) is 0 Å². The normalized spacial score (nSPS) is 8.09. The van der Waals surface area contributed by atoms with Gasteiger partial charge in [0.15, 0.2) is 0 Å². The number of hydrazine groups is 1. The fourth-order valence-electron chi connectivity index (χ4n) is 0.300. The number of nitrogens with zero attached hydrogens (tertiary/aromatic N) is 1. The van der Waals surface area contributed by atoms with E-state index in [0.29, 0.717) is 0 Å². The van der Waals surface area contributed by atoms with Gasteiger partial charge in [0.05, 0.1) is 6.61 Å². The number of hydrogen-bond donors (Lipinski definition) is 3. The molecule has 7 heteroatoms. The van der Waals surface area contributed by atoms with Crippen molar-refractivity contribution >= 4 is 12.1 Å². The highest BCUT2D eigenvalue weighted by atomic mass is 16.6. The zero-order valence-corrected chi connectivity index (χ0v) is 5.88. The molecule has 0 saturated carbocycles. The van der Waals surface area contributed by atoms with Crippen molar-refractivity contribution < 1.29 is 14.3 Å². The minimum absolute atomic E-state index is 0.208. The van der Waals surface area contributed by atoms with E-state index in [-0.39, 0.29) is 6.61 Å². The lowest BCUT2D eigenvalue weighted by Gasteiger charge is -2.02. The lowest BCUT2D eigenvalue weighted by molar-refractivity contribution is 0.147. The van der Waals surface area contributed by atoms with Crippen molar-refractivity contribution in [2.75, 3.05) is 6.61 Å². The van der Waals surface area contributed by atoms with Crippen molar-refractivity contribution in [1.29, 1.82) is 5.53 Å². The topological polar surface area (TPSA) is 104 Å². The van der Waals surface area contributed by atoms with Crippen molar-refractivity contribution in [3.8, 4) is 0 Å². The van der Waals surface area contributed by atoms with E-state index in [4.69, 9.17) is 5.53 Å². The van der Waals surface area contributed by atoms with Gasteiger partial charge in [0.1, 0.15) is 0 Å². The van der Waals surface area contributed by atoms with Crippen LogP contribution >= 0.6 is 0 Å². The Bertz CT molecular complexity index is 169. The Morgan fingerprint density at radius 2 is 2.18 bits per heavy atom. The van der Waals surface area contributed by atoms with Crippen molar-refractivity contribution in [1.82, 2.24) is 10.9 Å². The minimum Gasteiger partial charge on any atom is -0.449 e. The molecule has 0 bridgehead atoms. The molecule has 0 saturated heterocycles. The number of carbonyl (C=O) groups excluding carboxylic acids is 2. The Balaban J connectivity index is 3.45. The lowest BCUT2D eigenvalue weighted by Crippen LogP contribution is -2.40. The van der Waals surface area contributed by atoms with Gasteiger partial charge in [0.25, 0.3) is 0 Å². The van der Waals surface area contributed by atoms with Gasteiger partial charge in [-0.05, 0) is 6.92 Å². The van der Waals surface area contributed by atoms with Crippen LogP contribution in [-0.2, 0) is 4.74 Å². The van der Waals surface area contributed by atoms with Gasteiger partial charge < -0.3 is 4.74 Å². The van der Waals surface area contributed by atoms with Gasteiger partial charge in [-0.15, -0.1) is 0 Å². The van der Waals surface area contributed by atoms with Gasteiger partial charge in [-0.3, -0.25) is 0 Å². The Morgan fingerprint density at radius 1 is 1.55 bits per heavy atom. The summed E-state index contributed by atoms with van der Waals surface area (Å²) in [4.78, 5) is 20.6. The average Bonchev–Trinajstić information content (AvgIpc) is 2.01. The quantitative estimate of drug-likeness (QED) is 0.381. The summed E-state index contributed by atoms with van der Waals surface area (Å²) in [6.45, 7) is 1.83.